The summed E-state index contributed by atoms with van der Waals surface area (Å²) >= 11 is 4.73. The molecule has 1 amide bonds. The van der Waals surface area contributed by atoms with Gasteiger partial charge in [-0.1, -0.05) is 0 Å². The number of likely N-dealkylation sites (tertiary alicyclic amines) is 1. The second kappa shape index (κ2) is 10.8. The molecule has 0 saturated carbocycles. The van der Waals surface area contributed by atoms with Gasteiger partial charge in [0.05, 0.1) is 12.3 Å². The van der Waals surface area contributed by atoms with E-state index in [9.17, 15) is 18.7 Å². The summed E-state index contributed by atoms with van der Waals surface area (Å²) in [6, 6.07) is 5.24. The van der Waals surface area contributed by atoms with Gasteiger partial charge in [-0.2, -0.15) is 5.10 Å². The number of nitrogens with zero attached hydrogens (tertiary/aromatic N) is 5. The predicted octanol–water partition coefficient (Wildman–Crippen LogP) is 2.70. The highest BCUT2D eigenvalue weighted by atomic mass is 35.5. The van der Waals surface area contributed by atoms with Crippen molar-refractivity contribution in [3.8, 4) is 5.75 Å². The van der Waals surface area contributed by atoms with Crippen molar-refractivity contribution in [2.75, 3.05) is 25.5 Å². The van der Waals surface area contributed by atoms with E-state index >= 15 is 0 Å². The summed E-state index contributed by atoms with van der Waals surface area (Å²) in [5.41, 5.74) is -3.38. The van der Waals surface area contributed by atoms with Crippen LogP contribution < -0.4 is 10.1 Å². The minimum Gasteiger partial charge on any atom is -0.420 e. The van der Waals surface area contributed by atoms with Gasteiger partial charge in [-0.3, -0.25) is 4.79 Å². The molecule has 168 valence electrons. The summed E-state index contributed by atoms with van der Waals surface area (Å²) in [4.78, 5) is 20.4. The largest absolute Gasteiger partial charge is 0.487 e. The van der Waals surface area contributed by atoms with Gasteiger partial charge in [0.25, 0.3) is 5.91 Å². The minimum atomic E-state index is -3.83. The maximum Gasteiger partial charge on any atom is 0.487 e. The summed E-state index contributed by atoms with van der Waals surface area (Å²) in [5.74, 6) is -0.0620. The third kappa shape index (κ3) is 7.95. The van der Waals surface area contributed by atoms with E-state index in [2.05, 4.69) is 32.0 Å². The van der Waals surface area contributed by atoms with Crippen molar-refractivity contribution in [1.82, 2.24) is 9.80 Å². The van der Waals surface area contributed by atoms with Crippen LogP contribution in [-0.2, 0) is 4.79 Å². The molecule has 0 aliphatic carbocycles. The number of benzene rings is 1. The molecule has 1 aliphatic heterocycles. The zero-order valence-corrected chi connectivity index (χ0v) is 17.8. The fourth-order valence-corrected chi connectivity index (χ4v) is 2.78. The number of rotatable bonds is 8. The van der Waals surface area contributed by atoms with Gasteiger partial charge in [0.1, 0.15) is 23.6 Å². The lowest BCUT2D eigenvalue weighted by Crippen LogP contribution is -2.28. The lowest BCUT2D eigenvalue weighted by Gasteiger charge is -2.18. The number of hydrogen-bond donors (Lipinski definition) is 2. The van der Waals surface area contributed by atoms with Crippen LogP contribution in [0.4, 0.5) is 14.5 Å². The number of β-amino-alcohol motifs (C(OH)–C–C–N with tert-alkyl or cyclic N) is 1. The number of aliphatic hydroxyl groups is 1. The normalized spacial score (nSPS) is 17.7. The summed E-state index contributed by atoms with van der Waals surface area (Å²) in [6.07, 6.45) is 2.88. The number of amides is 1. The van der Waals surface area contributed by atoms with Crippen LogP contribution in [0.15, 0.2) is 51.4 Å². The molecule has 0 aromatic heterocycles. The maximum atomic E-state index is 12.8. The lowest BCUT2D eigenvalue weighted by molar-refractivity contribution is -0.113. The number of halogens is 3. The fraction of sp³-hybridized carbons (Fsp3) is 0.368. The van der Waals surface area contributed by atoms with Gasteiger partial charge in [-0.15, -0.1) is 13.9 Å². The van der Waals surface area contributed by atoms with Crippen LogP contribution in [0.2, 0.25) is 0 Å². The lowest BCUT2D eigenvalue weighted by atomic mass is 10.3. The van der Waals surface area contributed by atoms with E-state index in [0.717, 1.165) is 0 Å². The molecule has 1 aromatic rings. The standard InChI is InChI=1S/C19H23ClF2N6O3/c1-13(28-9-8-15(29)11-28)24-10-17(27(3)12-25-23-2)18(30)26-14-4-6-16(7-5-14)31-19(20,21)22/h4-7,10,12,15,29H,2,8-9,11H2,1,3H3,(H,26,30)/b17-10-,24-13+,25-12-/t15-/m1/s1. The Labute approximate surface area is 183 Å². The first-order valence-electron chi connectivity index (χ1n) is 9.16. The Kier molecular flexibility index (Phi) is 8.46. The number of hydrogen-bond acceptors (Lipinski definition) is 6. The van der Waals surface area contributed by atoms with Crippen molar-refractivity contribution in [2.45, 2.75) is 25.0 Å². The van der Waals surface area contributed by atoms with E-state index in [1.807, 2.05) is 4.90 Å². The van der Waals surface area contributed by atoms with Crippen LogP contribution in [-0.4, -0.2) is 71.5 Å². The Balaban J connectivity index is 2.18. The summed E-state index contributed by atoms with van der Waals surface area (Å²) < 4.78 is 29.6. The highest BCUT2D eigenvalue weighted by Crippen LogP contribution is 2.26. The third-order valence-corrected chi connectivity index (χ3v) is 4.34. The molecule has 1 atom stereocenters. The van der Waals surface area contributed by atoms with Crippen molar-refractivity contribution in [3.63, 3.8) is 0 Å². The van der Waals surface area contributed by atoms with Gasteiger partial charge >= 0.3 is 5.57 Å². The Bertz CT molecular complexity index is 870. The number of carbonyl (C=O) groups excluding carboxylic acids is 1. The number of amidine groups is 1. The Hall–Kier alpha value is -3.05. The van der Waals surface area contributed by atoms with Gasteiger partial charge in [0, 0.05) is 44.1 Å². The zero-order chi connectivity index (χ0) is 23.0. The molecule has 0 bridgehead atoms. The number of alkyl halides is 3. The SMILES string of the molecule is C=N/N=C\N(C)/C(=C\N=C(/C)N1CC[C@@H](O)C1)C(=O)Nc1ccc(OC(F)(F)Cl)cc1. The molecule has 1 aliphatic rings. The van der Waals surface area contributed by atoms with Crippen molar-refractivity contribution in [1.29, 1.82) is 0 Å². The van der Waals surface area contributed by atoms with Crippen LogP contribution >= 0.6 is 11.6 Å². The zero-order valence-electron chi connectivity index (χ0n) is 17.0. The number of aliphatic imine (C=N–C) groups is 1. The molecule has 9 nitrogen and oxygen atoms in total. The average molecular weight is 457 g/mol. The first-order valence-corrected chi connectivity index (χ1v) is 9.53. The number of likely N-dealkylation sites (N-methyl/N-ethyl adjacent to an activating group) is 1. The predicted molar refractivity (Wildman–Crippen MR) is 116 cm³/mol. The highest BCUT2D eigenvalue weighted by Gasteiger charge is 2.27. The van der Waals surface area contributed by atoms with Gasteiger partial charge in [-0.05, 0) is 37.6 Å². The van der Waals surface area contributed by atoms with Crippen molar-refractivity contribution < 1.29 is 23.4 Å². The van der Waals surface area contributed by atoms with Gasteiger partial charge in [-0.25, -0.2) is 4.99 Å². The number of nitrogens with one attached hydrogen (secondary N) is 1. The molecule has 31 heavy (non-hydrogen) atoms. The first kappa shape index (κ1) is 24.2. The van der Waals surface area contributed by atoms with E-state index in [1.54, 1.807) is 14.0 Å². The number of anilines is 1. The van der Waals surface area contributed by atoms with Crippen LogP contribution in [0, 0.1) is 0 Å². The van der Waals surface area contributed by atoms with Crippen LogP contribution in [0.5, 0.6) is 5.75 Å². The summed E-state index contributed by atoms with van der Waals surface area (Å²) in [5, 5.41) is 19.3. The molecule has 0 radical (unpaired) electrons. The molecule has 1 heterocycles. The second-order valence-corrected chi connectivity index (χ2v) is 7.03. The fourth-order valence-electron chi connectivity index (χ4n) is 2.69. The molecule has 2 N–H and O–H groups in total. The molecule has 1 fully saturated rings. The van der Waals surface area contributed by atoms with Gasteiger partial charge in [0.15, 0.2) is 0 Å². The highest BCUT2D eigenvalue weighted by molar-refractivity contribution is 6.20. The molecule has 1 aromatic carbocycles. The average Bonchev–Trinajstić information content (AvgIpc) is 3.13. The molecular weight excluding hydrogens is 434 g/mol. The molecule has 2 rings (SSSR count). The Morgan fingerprint density at radius 3 is 2.68 bits per heavy atom. The summed E-state index contributed by atoms with van der Waals surface area (Å²) in [7, 11) is 1.57. The van der Waals surface area contributed by atoms with Gasteiger partial charge in [0.2, 0.25) is 0 Å². The topological polar surface area (TPSA) is 102 Å². The van der Waals surface area contributed by atoms with Crippen LogP contribution in [0.3, 0.4) is 0 Å². The van der Waals surface area contributed by atoms with Crippen LogP contribution in [0.25, 0.3) is 0 Å². The number of aliphatic hydroxyl groups excluding tert-OH is 1. The maximum absolute atomic E-state index is 12.8. The molecule has 12 heteroatoms. The van der Waals surface area contributed by atoms with Crippen molar-refractivity contribution in [3.05, 3.63) is 36.2 Å². The van der Waals surface area contributed by atoms with E-state index in [-0.39, 0.29) is 11.4 Å². The number of ether oxygens (including phenoxy) is 1. The van der Waals surface area contributed by atoms with E-state index in [1.165, 1.54) is 41.7 Å². The Morgan fingerprint density at radius 2 is 2.13 bits per heavy atom. The second-order valence-electron chi connectivity index (χ2n) is 6.59. The third-order valence-electron chi connectivity index (χ3n) is 4.26. The van der Waals surface area contributed by atoms with E-state index in [0.29, 0.717) is 31.0 Å². The Morgan fingerprint density at radius 1 is 1.45 bits per heavy atom. The van der Waals surface area contributed by atoms with E-state index < -0.39 is 17.6 Å². The molecule has 0 unspecified atom stereocenters. The number of carbonyl (C=O) groups is 1. The molecular formula is C19H23ClF2N6O3. The first-order chi connectivity index (χ1) is 14.6. The molecule has 1 saturated heterocycles. The summed E-state index contributed by atoms with van der Waals surface area (Å²) in [6.45, 7) is 6.15. The van der Waals surface area contributed by atoms with E-state index in [4.69, 9.17) is 11.6 Å². The van der Waals surface area contributed by atoms with Crippen LogP contribution in [0.1, 0.15) is 13.3 Å². The minimum absolute atomic E-state index is 0.124. The monoisotopic (exact) mass is 456 g/mol. The van der Waals surface area contributed by atoms with Gasteiger partial charge < -0.3 is 25.0 Å². The molecule has 0 spiro atoms. The smallest absolute Gasteiger partial charge is 0.420 e. The van der Waals surface area contributed by atoms with Crippen molar-refractivity contribution >= 4 is 42.1 Å². The quantitative estimate of drug-likeness (QED) is 0.206. The van der Waals surface area contributed by atoms with Crippen molar-refractivity contribution in [2.24, 2.45) is 15.2 Å².